The lowest BCUT2D eigenvalue weighted by atomic mass is 9.90. The van der Waals surface area contributed by atoms with E-state index in [0.29, 0.717) is 0 Å². The normalized spacial score (nSPS) is 16.8. The number of carbonyl (C=O) groups is 2. The highest BCUT2D eigenvalue weighted by Crippen LogP contribution is 2.35. The fourth-order valence-corrected chi connectivity index (χ4v) is 3.51. The van der Waals surface area contributed by atoms with E-state index >= 15 is 0 Å². The highest BCUT2D eigenvalue weighted by atomic mass is 19.1. The Hall–Kier alpha value is -4.66. The van der Waals surface area contributed by atoms with Gasteiger partial charge in [-0.25, -0.2) is 23.5 Å². The second-order valence-electron chi connectivity index (χ2n) is 7.34. The van der Waals surface area contributed by atoms with Gasteiger partial charge >= 0.3 is 6.09 Å². The zero-order valence-electron chi connectivity index (χ0n) is 17.0. The summed E-state index contributed by atoms with van der Waals surface area (Å²) in [5.74, 6) is -1.92. The van der Waals surface area contributed by atoms with Gasteiger partial charge in [-0.05, 0) is 37.3 Å². The number of carboxylic acid groups (broad SMARTS) is 1. The minimum atomic E-state index is -1.40. The largest absolute Gasteiger partial charge is 0.465 e. The first-order valence-electron chi connectivity index (χ1n) is 9.49. The highest BCUT2D eigenvalue weighted by Gasteiger charge is 2.37. The van der Waals surface area contributed by atoms with Gasteiger partial charge in [0.15, 0.2) is 11.7 Å². The van der Waals surface area contributed by atoms with E-state index in [1.54, 1.807) is 6.92 Å². The molecule has 2 aromatic heterocycles. The van der Waals surface area contributed by atoms with Crippen molar-refractivity contribution >= 4 is 23.5 Å². The molecule has 1 aliphatic rings. The maximum Gasteiger partial charge on any atom is 0.410 e. The van der Waals surface area contributed by atoms with Crippen molar-refractivity contribution < 1.29 is 23.5 Å². The van der Waals surface area contributed by atoms with Crippen LogP contribution >= 0.6 is 0 Å². The van der Waals surface area contributed by atoms with Gasteiger partial charge in [0.25, 0.3) is 5.91 Å². The zero-order valence-corrected chi connectivity index (χ0v) is 17.0. The third-order valence-corrected chi connectivity index (χ3v) is 5.00. The summed E-state index contributed by atoms with van der Waals surface area (Å²) in [4.78, 5) is 35.8. The first-order chi connectivity index (χ1) is 15.7. The molecule has 0 bridgehead atoms. The number of nitriles is 1. The number of anilines is 1. The Balaban J connectivity index is 1.73. The standard InChI is InChI=1S/C21H15F2N7O3/c1-21(10-30-13(7-24)9-26-18(30)17(29-21)28-20(32)33)14-6-12(3-4-15(14)23)27-19(31)16-5-2-11(22)8-25-16/h2-6,8-9H,10H2,1H3,(H,27,31)(H,28,29)(H,32,33). The number of fused-ring (bicyclic) bond motifs is 1. The zero-order chi connectivity index (χ0) is 23.8. The van der Waals surface area contributed by atoms with Crippen LogP contribution in [0.25, 0.3) is 0 Å². The van der Waals surface area contributed by atoms with Crippen LogP contribution in [0.3, 0.4) is 0 Å². The fraction of sp³-hybridized carbons (Fsp3) is 0.143. The maximum absolute atomic E-state index is 14.9. The Morgan fingerprint density at radius 3 is 2.64 bits per heavy atom. The van der Waals surface area contributed by atoms with Crippen LogP contribution in [0.2, 0.25) is 0 Å². The van der Waals surface area contributed by atoms with Crippen molar-refractivity contribution in [1.82, 2.24) is 19.9 Å². The third-order valence-electron chi connectivity index (χ3n) is 5.00. The van der Waals surface area contributed by atoms with E-state index in [0.717, 1.165) is 18.3 Å². The van der Waals surface area contributed by atoms with Gasteiger partial charge in [-0.1, -0.05) is 0 Å². The molecule has 1 atom stereocenters. The van der Waals surface area contributed by atoms with Crippen LogP contribution in [0.15, 0.2) is 47.7 Å². The van der Waals surface area contributed by atoms with E-state index in [1.165, 1.54) is 29.0 Å². The average molecular weight is 451 g/mol. The SMILES string of the molecule is CC1(c2cc(NC(=O)c3ccc(F)cn3)ccc2F)Cn2c(C#N)cnc2C(NC(=O)O)=N1. The van der Waals surface area contributed by atoms with E-state index < -0.39 is 29.2 Å². The van der Waals surface area contributed by atoms with Crippen molar-refractivity contribution in [2.24, 2.45) is 4.99 Å². The average Bonchev–Trinajstić information content (AvgIpc) is 3.17. The number of nitrogens with one attached hydrogen (secondary N) is 2. The molecule has 166 valence electrons. The first-order valence-corrected chi connectivity index (χ1v) is 9.49. The molecule has 12 heteroatoms. The monoisotopic (exact) mass is 451 g/mol. The van der Waals surface area contributed by atoms with Gasteiger partial charge in [-0.2, -0.15) is 5.26 Å². The van der Waals surface area contributed by atoms with Gasteiger partial charge in [0.05, 0.1) is 18.9 Å². The number of benzene rings is 1. The van der Waals surface area contributed by atoms with E-state index in [9.17, 15) is 28.7 Å². The van der Waals surface area contributed by atoms with Gasteiger partial charge in [0.1, 0.15) is 34.6 Å². The van der Waals surface area contributed by atoms with Gasteiger partial charge in [-0.3, -0.25) is 15.1 Å². The summed E-state index contributed by atoms with van der Waals surface area (Å²) in [7, 11) is 0. The number of aromatic nitrogens is 3. The lowest BCUT2D eigenvalue weighted by Gasteiger charge is -2.32. The van der Waals surface area contributed by atoms with Crippen LogP contribution in [0.1, 0.15) is 34.5 Å². The van der Waals surface area contributed by atoms with Crippen molar-refractivity contribution in [3.05, 3.63) is 77.1 Å². The molecule has 0 saturated carbocycles. The molecule has 1 aromatic carbocycles. The summed E-state index contributed by atoms with van der Waals surface area (Å²) in [6.45, 7) is 1.55. The molecule has 10 nitrogen and oxygen atoms in total. The van der Waals surface area contributed by atoms with Crippen LogP contribution in [-0.4, -0.2) is 37.5 Å². The van der Waals surface area contributed by atoms with Gasteiger partial charge in [-0.15, -0.1) is 0 Å². The van der Waals surface area contributed by atoms with Gasteiger partial charge < -0.3 is 15.0 Å². The molecule has 3 aromatic rings. The third kappa shape index (κ3) is 4.11. The smallest absolute Gasteiger partial charge is 0.410 e. The number of hydrogen-bond acceptors (Lipinski definition) is 6. The van der Waals surface area contributed by atoms with E-state index in [1.807, 2.05) is 6.07 Å². The maximum atomic E-state index is 14.9. The summed E-state index contributed by atoms with van der Waals surface area (Å²) in [6, 6.07) is 8.06. The number of rotatable bonds is 3. The molecule has 0 spiro atoms. The Morgan fingerprint density at radius 2 is 1.97 bits per heavy atom. The summed E-state index contributed by atoms with van der Waals surface area (Å²) < 4.78 is 29.4. The number of halogens is 2. The molecule has 3 N–H and O–H groups in total. The fourth-order valence-electron chi connectivity index (χ4n) is 3.51. The Kier molecular flexibility index (Phi) is 5.31. The van der Waals surface area contributed by atoms with Crippen molar-refractivity contribution in [3.8, 4) is 6.07 Å². The topological polar surface area (TPSA) is 145 Å². The number of pyridine rings is 1. The molecule has 3 heterocycles. The summed E-state index contributed by atoms with van der Waals surface area (Å²) in [5.41, 5.74) is -0.999. The Labute approximate surface area is 185 Å². The molecule has 0 radical (unpaired) electrons. The second-order valence-corrected chi connectivity index (χ2v) is 7.34. The second kappa shape index (κ2) is 8.12. The molecular weight excluding hydrogens is 436 g/mol. The van der Waals surface area contributed by atoms with Crippen LogP contribution in [-0.2, 0) is 12.1 Å². The van der Waals surface area contributed by atoms with Crippen LogP contribution < -0.4 is 10.6 Å². The molecule has 1 aliphatic heterocycles. The van der Waals surface area contributed by atoms with E-state index in [-0.39, 0.29) is 40.8 Å². The van der Waals surface area contributed by atoms with Crippen molar-refractivity contribution in [3.63, 3.8) is 0 Å². The number of aliphatic imine (C=N–C) groups is 1. The first kappa shape index (κ1) is 21.6. The van der Waals surface area contributed by atoms with Gasteiger partial charge in [0, 0.05) is 11.3 Å². The number of amides is 2. The number of hydrogen-bond donors (Lipinski definition) is 3. The number of imidazole rings is 1. The van der Waals surface area contributed by atoms with Crippen molar-refractivity contribution in [2.75, 3.05) is 5.32 Å². The van der Waals surface area contributed by atoms with E-state index in [4.69, 9.17) is 0 Å². The minimum absolute atomic E-state index is 0.0101. The summed E-state index contributed by atoms with van der Waals surface area (Å²) >= 11 is 0. The molecule has 0 saturated heterocycles. The molecule has 0 fully saturated rings. The summed E-state index contributed by atoms with van der Waals surface area (Å²) in [5, 5.41) is 23.2. The predicted molar refractivity (Wildman–Crippen MR) is 111 cm³/mol. The quantitative estimate of drug-likeness (QED) is 0.558. The number of nitrogens with zero attached hydrogens (tertiary/aromatic N) is 5. The van der Waals surface area contributed by atoms with Crippen LogP contribution in [0, 0.1) is 23.0 Å². The molecule has 0 aliphatic carbocycles. The molecular formula is C21H15F2N7O3. The van der Waals surface area contributed by atoms with E-state index in [2.05, 4.69) is 25.6 Å². The predicted octanol–water partition coefficient (Wildman–Crippen LogP) is 2.62. The van der Waals surface area contributed by atoms with Gasteiger partial charge in [0.2, 0.25) is 0 Å². The summed E-state index contributed by atoms with van der Waals surface area (Å²) in [6.07, 6.45) is 0.761. The molecule has 33 heavy (non-hydrogen) atoms. The van der Waals surface area contributed by atoms with Crippen LogP contribution in [0.5, 0.6) is 0 Å². The molecule has 2 amide bonds. The molecule has 4 rings (SSSR count). The lowest BCUT2D eigenvalue weighted by molar-refractivity contribution is 0.102. The van der Waals surface area contributed by atoms with Crippen molar-refractivity contribution in [1.29, 1.82) is 5.26 Å². The Morgan fingerprint density at radius 1 is 1.18 bits per heavy atom. The van der Waals surface area contributed by atoms with Crippen LogP contribution in [0.4, 0.5) is 19.3 Å². The Bertz CT molecular complexity index is 1340. The number of amidine groups is 1. The highest BCUT2D eigenvalue weighted by molar-refractivity contribution is 6.05. The number of carbonyl (C=O) groups excluding carboxylic acids is 1. The van der Waals surface area contributed by atoms with Crippen molar-refractivity contribution in [2.45, 2.75) is 19.0 Å². The molecule has 1 unspecified atom stereocenters. The lowest BCUT2D eigenvalue weighted by Crippen LogP contribution is -2.42. The minimum Gasteiger partial charge on any atom is -0.465 e.